The molecule has 2 heterocycles. The first-order valence-corrected chi connectivity index (χ1v) is 9.71. The molecule has 2 aromatic heterocycles. The van der Waals surface area contributed by atoms with Crippen molar-refractivity contribution in [1.82, 2.24) is 4.98 Å². The molecule has 0 spiro atoms. The van der Waals surface area contributed by atoms with Crippen LogP contribution in [0.4, 0.5) is 5.69 Å². The molecule has 3 aromatic rings. The summed E-state index contributed by atoms with van der Waals surface area (Å²) in [5, 5.41) is 5.01. The normalized spacial score (nSPS) is 10.5. The zero-order chi connectivity index (χ0) is 16.6. The monoisotopic (exact) mass is 354 g/mol. The average molecular weight is 355 g/mol. The predicted octanol–water partition coefficient (Wildman–Crippen LogP) is 4.61. The molecule has 3 rings (SSSR count). The Labute approximate surface area is 150 Å². The SMILES string of the molecule is O=C(CSCc1cccs1)Nc1ccc(Cc2ccncc2)cc1. The Bertz CT molecular complexity index is 756. The number of hydrogen-bond acceptors (Lipinski definition) is 4. The molecular weight excluding hydrogens is 336 g/mol. The quantitative estimate of drug-likeness (QED) is 0.674. The molecule has 1 aromatic carbocycles. The van der Waals surface area contributed by atoms with E-state index in [9.17, 15) is 4.79 Å². The molecule has 1 amide bonds. The second-order valence-corrected chi connectivity index (χ2v) is 7.37. The van der Waals surface area contributed by atoms with E-state index in [2.05, 4.69) is 33.9 Å². The molecule has 1 N–H and O–H groups in total. The number of thioether (sulfide) groups is 1. The van der Waals surface area contributed by atoms with E-state index in [4.69, 9.17) is 0 Å². The van der Waals surface area contributed by atoms with Gasteiger partial charge in [0.2, 0.25) is 5.91 Å². The standard InChI is InChI=1S/C19H18N2OS2/c22-19(14-23-13-18-2-1-11-24-18)21-17-5-3-15(4-6-17)12-16-7-9-20-10-8-16/h1-11H,12-14H2,(H,21,22). The third kappa shape index (κ3) is 5.22. The lowest BCUT2D eigenvalue weighted by Gasteiger charge is -2.07. The third-order valence-corrected chi connectivity index (χ3v) is 5.49. The smallest absolute Gasteiger partial charge is 0.234 e. The van der Waals surface area contributed by atoms with Crippen LogP contribution in [-0.2, 0) is 17.0 Å². The fourth-order valence-electron chi connectivity index (χ4n) is 2.28. The first-order valence-electron chi connectivity index (χ1n) is 7.67. The molecule has 0 unspecified atom stereocenters. The van der Waals surface area contributed by atoms with Crippen molar-refractivity contribution in [2.75, 3.05) is 11.1 Å². The first kappa shape index (κ1) is 16.7. The second kappa shape index (κ2) is 8.66. The number of benzene rings is 1. The van der Waals surface area contributed by atoms with Crippen molar-refractivity contribution in [3.63, 3.8) is 0 Å². The van der Waals surface area contributed by atoms with Crippen LogP contribution < -0.4 is 5.32 Å². The van der Waals surface area contributed by atoms with Gasteiger partial charge in [0.15, 0.2) is 0 Å². The van der Waals surface area contributed by atoms with Crippen molar-refractivity contribution < 1.29 is 4.79 Å². The van der Waals surface area contributed by atoms with Gasteiger partial charge in [-0.25, -0.2) is 0 Å². The summed E-state index contributed by atoms with van der Waals surface area (Å²) in [6.07, 6.45) is 4.48. The highest BCUT2D eigenvalue weighted by molar-refractivity contribution is 7.99. The number of hydrogen-bond donors (Lipinski definition) is 1. The number of thiophene rings is 1. The van der Waals surface area contributed by atoms with Gasteiger partial charge in [0.05, 0.1) is 5.75 Å². The molecule has 0 aliphatic carbocycles. The molecule has 0 fully saturated rings. The molecular formula is C19H18N2OS2. The van der Waals surface area contributed by atoms with Gasteiger partial charge in [0.1, 0.15) is 0 Å². The molecule has 122 valence electrons. The second-order valence-electron chi connectivity index (χ2n) is 5.35. The summed E-state index contributed by atoms with van der Waals surface area (Å²) in [7, 11) is 0. The van der Waals surface area contributed by atoms with E-state index in [1.165, 1.54) is 16.0 Å². The number of carbonyl (C=O) groups is 1. The van der Waals surface area contributed by atoms with Gasteiger partial charge in [-0.2, -0.15) is 0 Å². The molecule has 0 atom stereocenters. The van der Waals surface area contributed by atoms with Gasteiger partial charge in [0.25, 0.3) is 0 Å². The van der Waals surface area contributed by atoms with Crippen LogP contribution in [0.25, 0.3) is 0 Å². The van der Waals surface area contributed by atoms with E-state index < -0.39 is 0 Å². The van der Waals surface area contributed by atoms with Crippen LogP contribution in [-0.4, -0.2) is 16.6 Å². The third-order valence-electron chi connectivity index (χ3n) is 3.45. The maximum Gasteiger partial charge on any atom is 0.234 e. The lowest BCUT2D eigenvalue weighted by molar-refractivity contribution is -0.113. The topological polar surface area (TPSA) is 42.0 Å². The Kier molecular flexibility index (Phi) is 6.04. The van der Waals surface area contributed by atoms with Gasteiger partial charge in [0, 0.05) is 28.7 Å². The number of rotatable bonds is 7. The summed E-state index contributed by atoms with van der Waals surface area (Å²) in [5.41, 5.74) is 3.29. The molecule has 24 heavy (non-hydrogen) atoms. The summed E-state index contributed by atoms with van der Waals surface area (Å²) in [6.45, 7) is 0. The molecule has 0 bridgehead atoms. The maximum absolute atomic E-state index is 12.0. The predicted molar refractivity (Wildman–Crippen MR) is 103 cm³/mol. The minimum atomic E-state index is 0.0402. The van der Waals surface area contributed by atoms with E-state index in [1.807, 2.05) is 30.3 Å². The molecule has 0 aliphatic heterocycles. The van der Waals surface area contributed by atoms with Crippen molar-refractivity contribution in [3.8, 4) is 0 Å². The molecule has 0 aliphatic rings. The Morgan fingerprint density at radius 2 is 1.79 bits per heavy atom. The Morgan fingerprint density at radius 1 is 1.04 bits per heavy atom. The van der Waals surface area contributed by atoms with Gasteiger partial charge in [-0.1, -0.05) is 18.2 Å². The Balaban J connectivity index is 1.46. The molecule has 0 saturated carbocycles. The van der Waals surface area contributed by atoms with Crippen LogP contribution in [0.3, 0.4) is 0 Å². The molecule has 3 nitrogen and oxygen atoms in total. The van der Waals surface area contributed by atoms with Crippen LogP contribution in [0.15, 0.2) is 66.3 Å². The maximum atomic E-state index is 12.0. The zero-order valence-corrected chi connectivity index (χ0v) is 14.8. The summed E-state index contributed by atoms with van der Waals surface area (Å²) in [4.78, 5) is 17.3. The van der Waals surface area contributed by atoms with Crippen LogP contribution in [0.1, 0.15) is 16.0 Å². The largest absolute Gasteiger partial charge is 0.325 e. The van der Waals surface area contributed by atoms with Crippen LogP contribution >= 0.6 is 23.1 Å². The first-order chi connectivity index (χ1) is 11.8. The van der Waals surface area contributed by atoms with E-state index in [-0.39, 0.29) is 5.91 Å². The van der Waals surface area contributed by atoms with Crippen LogP contribution in [0, 0.1) is 0 Å². The van der Waals surface area contributed by atoms with E-state index in [0.717, 1.165) is 17.9 Å². The van der Waals surface area contributed by atoms with E-state index in [1.54, 1.807) is 35.5 Å². The molecule has 0 radical (unpaired) electrons. The Hall–Kier alpha value is -2.11. The average Bonchev–Trinajstić information content (AvgIpc) is 3.11. The number of amides is 1. The molecule has 5 heteroatoms. The lowest BCUT2D eigenvalue weighted by Crippen LogP contribution is -2.14. The highest BCUT2D eigenvalue weighted by atomic mass is 32.2. The number of nitrogens with one attached hydrogen (secondary N) is 1. The summed E-state index contributed by atoms with van der Waals surface area (Å²) in [5.74, 6) is 1.39. The number of pyridine rings is 1. The van der Waals surface area contributed by atoms with Gasteiger partial charge >= 0.3 is 0 Å². The number of aromatic nitrogens is 1. The fourth-order valence-corrected chi connectivity index (χ4v) is 3.95. The van der Waals surface area contributed by atoms with Crippen molar-refractivity contribution in [1.29, 1.82) is 0 Å². The number of nitrogens with zero attached hydrogens (tertiary/aromatic N) is 1. The Morgan fingerprint density at radius 3 is 2.50 bits per heavy atom. The number of carbonyl (C=O) groups excluding carboxylic acids is 1. The summed E-state index contributed by atoms with van der Waals surface area (Å²) < 4.78 is 0. The lowest BCUT2D eigenvalue weighted by atomic mass is 10.1. The minimum Gasteiger partial charge on any atom is -0.325 e. The molecule has 0 saturated heterocycles. The van der Waals surface area contributed by atoms with Crippen molar-refractivity contribution >= 4 is 34.7 Å². The fraction of sp³-hybridized carbons (Fsp3) is 0.158. The van der Waals surface area contributed by atoms with E-state index in [0.29, 0.717) is 5.75 Å². The van der Waals surface area contributed by atoms with Crippen molar-refractivity contribution in [2.24, 2.45) is 0 Å². The zero-order valence-electron chi connectivity index (χ0n) is 13.1. The van der Waals surface area contributed by atoms with Crippen LogP contribution in [0.2, 0.25) is 0 Å². The van der Waals surface area contributed by atoms with Gasteiger partial charge in [-0.15, -0.1) is 23.1 Å². The summed E-state index contributed by atoms with van der Waals surface area (Å²) >= 11 is 3.36. The van der Waals surface area contributed by atoms with E-state index >= 15 is 0 Å². The van der Waals surface area contributed by atoms with Gasteiger partial charge in [-0.05, 0) is 53.3 Å². The van der Waals surface area contributed by atoms with Gasteiger partial charge in [-0.3, -0.25) is 9.78 Å². The highest BCUT2D eigenvalue weighted by Gasteiger charge is 2.04. The van der Waals surface area contributed by atoms with Crippen LogP contribution in [0.5, 0.6) is 0 Å². The minimum absolute atomic E-state index is 0.0402. The highest BCUT2D eigenvalue weighted by Crippen LogP contribution is 2.18. The summed E-state index contributed by atoms with van der Waals surface area (Å²) in [6, 6.07) is 16.2. The van der Waals surface area contributed by atoms with Crippen molar-refractivity contribution in [2.45, 2.75) is 12.2 Å². The number of anilines is 1. The van der Waals surface area contributed by atoms with Crippen molar-refractivity contribution in [3.05, 3.63) is 82.3 Å². The van der Waals surface area contributed by atoms with Gasteiger partial charge < -0.3 is 5.32 Å².